The molecular formula is C18H17N3O2S3. The van der Waals surface area contributed by atoms with E-state index in [1.54, 1.807) is 26.9 Å². The van der Waals surface area contributed by atoms with Gasteiger partial charge in [-0.3, -0.25) is 14.2 Å². The molecule has 0 spiro atoms. The summed E-state index contributed by atoms with van der Waals surface area (Å²) in [7, 11) is 1.81. The number of rotatable bonds is 5. The normalized spacial score (nSPS) is 17.3. The quantitative estimate of drug-likeness (QED) is 0.482. The Balaban J connectivity index is 1.83. The van der Waals surface area contributed by atoms with Gasteiger partial charge in [-0.2, -0.15) is 0 Å². The van der Waals surface area contributed by atoms with E-state index in [1.807, 2.05) is 29.9 Å². The van der Waals surface area contributed by atoms with Crippen molar-refractivity contribution in [2.24, 2.45) is 0 Å². The molecule has 26 heavy (non-hydrogen) atoms. The maximum absolute atomic E-state index is 13.2. The fourth-order valence-corrected chi connectivity index (χ4v) is 6.02. The van der Waals surface area contributed by atoms with Crippen LogP contribution in [0, 0.1) is 0 Å². The van der Waals surface area contributed by atoms with Crippen molar-refractivity contribution in [1.82, 2.24) is 14.5 Å². The van der Waals surface area contributed by atoms with E-state index in [1.165, 1.54) is 23.1 Å². The van der Waals surface area contributed by atoms with Crippen LogP contribution >= 0.6 is 34.4 Å². The molecule has 0 radical (unpaired) electrons. The van der Waals surface area contributed by atoms with Gasteiger partial charge in [0.15, 0.2) is 5.16 Å². The number of hydrogen-bond acceptors (Lipinski definition) is 6. The Morgan fingerprint density at radius 2 is 2.27 bits per heavy atom. The number of aromatic nitrogens is 2. The van der Waals surface area contributed by atoms with Crippen LogP contribution < -0.4 is 5.56 Å². The van der Waals surface area contributed by atoms with Crippen LogP contribution in [0.2, 0.25) is 0 Å². The van der Waals surface area contributed by atoms with E-state index in [9.17, 15) is 9.59 Å². The molecule has 0 N–H and O–H groups in total. The van der Waals surface area contributed by atoms with Crippen LogP contribution in [-0.2, 0) is 11.3 Å². The fourth-order valence-electron chi connectivity index (χ4n) is 3.03. The largest absolute Gasteiger partial charge is 0.345 e. The Labute approximate surface area is 163 Å². The van der Waals surface area contributed by atoms with E-state index >= 15 is 0 Å². The summed E-state index contributed by atoms with van der Waals surface area (Å²) in [6, 6.07) is 3.99. The van der Waals surface area contributed by atoms with Gasteiger partial charge >= 0.3 is 0 Å². The Bertz CT molecular complexity index is 1040. The minimum Gasteiger partial charge on any atom is -0.345 e. The second kappa shape index (κ2) is 7.02. The molecule has 4 heterocycles. The third-order valence-electron chi connectivity index (χ3n) is 4.38. The minimum absolute atomic E-state index is 0.0687. The Kier molecular flexibility index (Phi) is 4.73. The summed E-state index contributed by atoms with van der Waals surface area (Å²) < 4.78 is 1.63. The first-order valence-electron chi connectivity index (χ1n) is 8.18. The number of carbonyl (C=O) groups is 1. The second-order valence-corrected chi connectivity index (χ2v) is 9.04. The van der Waals surface area contributed by atoms with Gasteiger partial charge in [0.25, 0.3) is 5.56 Å². The van der Waals surface area contributed by atoms with Crippen LogP contribution in [0.3, 0.4) is 0 Å². The highest BCUT2D eigenvalue weighted by Crippen LogP contribution is 2.36. The summed E-state index contributed by atoms with van der Waals surface area (Å²) in [5.41, 5.74) is 0.865. The third kappa shape index (κ3) is 2.91. The molecule has 1 amide bonds. The molecule has 0 aromatic carbocycles. The summed E-state index contributed by atoms with van der Waals surface area (Å²) in [6.07, 6.45) is 2.46. The van der Waals surface area contributed by atoms with Gasteiger partial charge < -0.3 is 4.90 Å². The number of thiophene rings is 2. The summed E-state index contributed by atoms with van der Waals surface area (Å²) in [6.45, 7) is 4.89. The number of likely N-dealkylation sites (tertiary alicyclic amines) is 1. The highest BCUT2D eigenvalue weighted by atomic mass is 32.2. The fraction of sp³-hybridized carbons (Fsp3) is 0.278. The lowest BCUT2D eigenvalue weighted by molar-refractivity contribution is -0.126. The number of thioether (sulfide) groups is 1. The van der Waals surface area contributed by atoms with Crippen LogP contribution in [0.1, 0.15) is 6.42 Å². The van der Waals surface area contributed by atoms with Crippen molar-refractivity contribution >= 4 is 50.6 Å². The van der Waals surface area contributed by atoms with Gasteiger partial charge in [-0.15, -0.1) is 29.3 Å². The van der Waals surface area contributed by atoms with Gasteiger partial charge in [-0.25, -0.2) is 4.98 Å². The number of hydrogen-bond donors (Lipinski definition) is 0. The van der Waals surface area contributed by atoms with E-state index in [0.717, 1.165) is 28.2 Å². The van der Waals surface area contributed by atoms with Gasteiger partial charge in [0.05, 0.1) is 10.6 Å². The van der Waals surface area contributed by atoms with Crippen LogP contribution in [0.25, 0.3) is 20.7 Å². The standard InChI is InChI=1S/C18H17N3O2S3/c1-3-7-21-17(23)14-11(12-5-4-9-24-12)10-25-15(14)19-18(21)26-13-6-8-20(2)16(13)22/h3-5,9-10,13H,1,6-8H2,2H3. The van der Waals surface area contributed by atoms with Crippen molar-refractivity contribution in [3.05, 3.63) is 45.9 Å². The van der Waals surface area contributed by atoms with Crippen LogP contribution in [0.15, 0.2) is 45.5 Å². The van der Waals surface area contributed by atoms with E-state index in [0.29, 0.717) is 17.1 Å². The van der Waals surface area contributed by atoms with Crippen LogP contribution in [0.5, 0.6) is 0 Å². The van der Waals surface area contributed by atoms with E-state index in [-0.39, 0.29) is 16.7 Å². The first kappa shape index (κ1) is 17.5. The zero-order valence-corrected chi connectivity index (χ0v) is 16.6. The smallest absolute Gasteiger partial charge is 0.263 e. The molecule has 0 saturated carbocycles. The number of nitrogens with zero attached hydrogens (tertiary/aromatic N) is 3. The predicted octanol–water partition coefficient (Wildman–Crippen LogP) is 3.70. The average molecular weight is 404 g/mol. The highest BCUT2D eigenvalue weighted by molar-refractivity contribution is 8.00. The molecule has 134 valence electrons. The Morgan fingerprint density at radius 3 is 2.92 bits per heavy atom. The zero-order valence-electron chi connectivity index (χ0n) is 14.2. The molecule has 1 unspecified atom stereocenters. The van der Waals surface area contributed by atoms with Crippen molar-refractivity contribution in [3.8, 4) is 10.4 Å². The molecule has 1 aliphatic rings. The Morgan fingerprint density at radius 1 is 1.42 bits per heavy atom. The monoisotopic (exact) mass is 403 g/mol. The van der Waals surface area contributed by atoms with E-state index < -0.39 is 0 Å². The number of carbonyl (C=O) groups excluding carboxylic acids is 1. The van der Waals surface area contributed by atoms with Gasteiger partial charge in [-0.1, -0.05) is 23.9 Å². The van der Waals surface area contributed by atoms with Gasteiger partial charge in [0.1, 0.15) is 4.83 Å². The lowest BCUT2D eigenvalue weighted by Gasteiger charge is -2.13. The van der Waals surface area contributed by atoms with Crippen molar-refractivity contribution in [3.63, 3.8) is 0 Å². The van der Waals surface area contributed by atoms with Gasteiger partial charge in [0.2, 0.25) is 5.91 Å². The van der Waals surface area contributed by atoms with Crippen LogP contribution in [-0.4, -0.2) is 39.2 Å². The molecule has 3 aromatic rings. The molecule has 8 heteroatoms. The number of allylic oxidation sites excluding steroid dienone is 1. The molecule has 0 bridgehead atoms. The second-order valence-electron chi connectivity index (χ2n) is 6.06. The van der Waals surface area contributed by atoms with Crippen molar-refractivity contribution in [2.45, 2.75) is 23.4 Å². The van der Waals surface area contributed by atoms with Gasteiger partial charge in [-0.05, 0) is 17.9 Å². The maximum Gasteiger partial charge on any atom is 0.263 e. The molecule has 1 fully saturated rings. The topological polar surface area (TPSA) is 55.2 Å². The summed E-state index contributed by atoms with van der Waals surface area (Å²) in [5, 5.41) is 5.05. The van der Waals surface area contributed by atoms with Gasteiger partial charge in [0, 0.05) is 36.0 Å². The minimum atomic E-state index is -0.183. The van der Waals surface area contributed by atoms with Crippen LogP contribution in [0.4, 0.5) is 0 Å². The molecule has 0 aliphatic carbocycles. The third-order valence-corrected chi connectivity index (χ3v) is 7.40. The first-order chi connectivity index (χ1) is 12.6. The lowest BCUT2D eigenvalue weighted by atomic mass is 10.2. The average Bonchev–Trinajstić information content (AvgIpc) is 3.35. The highest BCUT2D eigenvalue weighted by Gasteiger charge is 2.31. The molecule has 5 nitrogen and oxygen atoms in total. The summed E-state index contributed by atoms with van der Waals surface area (Å²) in [5.74, 6) is 0.0972. The predicted molar refractivity (Wildman–Crippen MR) is 109 cm³/mol. The lowest BCUT2D eigenvalue weighted by Crippen LogP contribution is -2.26. The molecule has 1 aliphatic heterocycles. The molecule has 4 rings (SSSR count). The first-order valence-corrected chi connectivity index (χ1v) is 10.8. The molecular weight excluding hydrogens is 386 g/mol. The van der Waals surface area contributed by atoms with Crippen molar-refractivity contribution in [2.75, 3.05) is 13.6 Å². The molecule has 3 aromatic heterocycles. The number of amides is 1. The maximum atomic E-state index is 13.2. The molecule has 1 atom stereocenters. The van der Waals surface area contributed by atoms with E-state index in [4.69, 9.17) is 4.98 Å². The SMILES string of the molecule is C=CCn1c(SC2CCN(C)C2=O)nc2scc(-c3cccs3)c2c1=O. The number of fused-ring (bicyclic) bond motifs is 1. The summed E-state index contributed by atoms with van der Waals surface area (Å²) >= 11 is 4.47. The van der Waals surface area contributed by atoms with Crippen molar-refractivity contribution in [1.29, 1.82) is 0 Å². The Hall–Kier alpha value is -1.90. The summed E-state index contributed by atoms with van der Waals surface area (Å²) in [4.78, 5) is 33.7. The molecule has 1 saturated heterocycles. The zero-order chi connectivity index (χ0) is 18.3. The van der Waals surface area contributed by atoms with E-state index in [2.05, 4.69) is 6.58 Å². The van der Waals surface area contributed by atoms with Crippen molar-refractivity contribution < 1.29 is 4.79 Å².